The Kier molecular flexibility index (Phi) is 4.58. The quantitative estimate of drug-likeness (QED) is 0.711. The van der Waals surface area contributed by atoms with Crippen LogP contribution in [0.3, 0.4) is 0 Å². The lowest BCUT2D eigenvalue weighted by molar-refractivity contribution is 0.0697. The van der Waals surface area contributed by atoms with Gasteiger partial charge in [-0.25, -0.2) is 4.79 Å². The second-order valence-electron chi connectivity index (χ2n) is 6.83. The summed E-state index contributed by atoms with van der Waals surface area (Å²) in [6.07, 6.45) is 3.84. The van der Waals surface area contributed by atoms with Crippen LogP contribution in [-0.2, 0) is 13.0 Å². The smallest absolute Gasteiger partial charge is 0.335 e. The first-order chi connectivity index (χ1) is 12.7. The molecule has 4 rings (SSSR count). The Balaban J connectivity index is 1.32. The molecule has 0 aliphatic carbocycles. The number of furan rings is 1. The summed E-state index contributed by atoms with van der Waals surface area (Å²) < 4.78 is 5.91. The van der Waals surface area contributed by atoms with Gasteiger partial charge in [-0.1, -0.05) is 12.1 Å². The first kappa shape index (κ1) is 16.6. The number of benzene rings is 1. The molecule has 6 nitrogen and oxygen atoms in total. The molecule has 0 saturated carbocycles. The van der Waals surface area contributed by atoms with Gasteiger partial charge in [0.25, 0.3) is 0 Å². The molecule has 2 N–H and O–H groups in total. The number of aromatic amines is 1. The highest BCUT2D eigenvalue weighted by molar-refractivity contribution is 5.87. The molecule has 26 heavy (non-hydrogen) atoms. The summed E-state index contributed by atoms with van der Waals surface area (Å²) in [6, 6.07) is 13.1. The van der Waals surface area contributed by atoms with Gasteiger partial charge >= 0.3 is 5.97 Å². The molecule has 3 aromatic rings. The van der Waals surface area contributed by atoms with Crippen molar-refractivity contribution < 1.29 is 14.3 Å². The molecule has 6 heteroatoms. The zero-order valence-electron chi connectivity index (χ0n) is 14.4. The van der Waals surface area contributed by atoms with Crippen molar-refractivity contribution in [1.29, 1.82) is 0 Å². The Morgan fingerprint density at radius 2 is 2.08 bits per heavy atom. The van der Waals surface area contributed by atoms with E-state index in [4.69, 9.17) is 9.52 Å². The maximum absolute atomic E-state index is 10.9. The third-order valence-electron chi connectivity index (χ3n) is 4.90. The summed E-state index contributed by atoms with van der Waals surface area (Å²) in [6.45, 7) is 2.89. The van der Waals surface area contributed by atoms with E-state index in [0.29, 0.717) is 11.5 Å². The number of carboxylic acids is 1. The van der Waals surface area contributed by atoms with Crippen LogP contribution < -0.4 is 0 Å². The van der Waals surface area contributed by atoms with Crippen molar-refractivity contribution in [1.82, 2.24) is 15.1 Å². The normalized spacial score (nSPS) is 17.6. The molecule has 3 heterocycles. The molecular formula is C20H21N3O3. The number of carbonyl (C=O) groups is 1. The predicted molar refractivity (Wildman–Crippen MR) is 96.8 cm³/mol. The molecule has 1 aromatic carbocycles. The largest absolute Gasteiger partial charge is 0.478 e. The van der Waals surface area contributed by atoms with Crippen molar-refractivity contribution in [3.05, 3.63) is 65.5 Å². The third-order valence-corrected chi connectivity index (χ3v) is 4.90. The lowest BCUT2D eigenvalue weighted by Gasteiger charge is -2.14. The molecule has 134 valence electrons. The van der Waals surface area contributed by atoms with Gasteiger partial charge in [0.05, 0.1) is 12.1 Å². The van der Waals surface area contributed by atoms with Crippen molar-refractivity contribution in [3.8, 4) is 11.5 Å². The maximum atomic E-state index is 10.9. The number of carboxylic acid groups (broad SMARTS) is 1. The molecule has 0 amide bonds. The standard InChI is InChI=1S/C20H21N3O3/c24-20(25)16-3-1-14(2-4-16)11-15-8-10-23(12-15)13-17-5-6-19(26-17)18-7-9-21-22-18/h1-7,9,15H,8,10-13H2,(H,21,22)(H,24,25)/t15-/m0/s1. The molecule has 1 fully saturated rings. The summed E-state index contributed by atoms with van der Waals surface area (Å²) >= 11 is 0. The molecule has 0 spiro atoms. The number of nitrogens with one attached hydrogen (secondary N) is 1. The Hall–Kier alpha value is -2.86. The average Bonchev–Trinajstić information content (AvgIpc) is 3.37. The van der Waals surface area contributed by atoms with Crippen LogP contribution in [0.25, 0.3) is 11.5 Å². The van der Waals surface area contributed by atoms with Crippen LogP contribution in [0, 0.1) is 5.92 Å². The van der Waals surface area contributed by atoms with E-state index in [1.165, 1.54) is 5.56 Å². The first-order valence-electron chi connectivity index (χ1n) is 8.80. The van der Waals surface area contributed by atoms with Crippen molar-refractivity contribution in [2.75, 3.05) is 13.1 Å². The van der Waals surface area contributed by atoms with Crippen LogP contribution in [-0.4, -0.2) is 39.3 Å². The summed E-state index contributed by atoms with van der Waals surface area (Å²) in [5.41, 5.74) is 2.43. The van der Waals surface area contributed by atoms with E-state index in [-0.39, 0.29) is 0 Å². The average molecular weight is 351 g/mol. The van der Waals surface area contributed by atoms with Crippen LogP contribution in [0.15, 0.2) is 53.1 Å². The highest BCUT2D eigenvalue weighted by Gasteiger charge is 2.23. The molecular weight excluding hydrogens is 330 g/mol. The summed E-state index contributed by atoms with van der Waals surface area (Å²) in [7, 11) is 0. The van der Waals surface area contributed by atoms with Crippen LogP contribution in [0.2, 0.25) is 0 Å². The number of hydrogen-bond donors (Lipinski definition) is 2. The van der Waals surface area contributed by atoms with Crippen LogP contribution in [0.5, 0.6) is 0 Å². The minimum atomic E-state index is -0.878. The fourth-order valence-electron chi connectivity index (χ4n) is 3.56. The minimum absolute atomic E-state index is 0.340. The van der Waals surface area contributed by atoms with Crippen molar-refractivity contribution >= 4 is 5.97 Å². The maximum Gasteiger partial charge on any atom is 0.335 e. The SMILES string of the molecule is O=C(O)c1ccc(C[C@@H]2CCN(Cc3ccc(-c4ccn[nH]4)o3)C2)cc1. The number of rotatable bonds is 6. The third kappa shape index (κ3) is 3.70. The predicted octanol–water partition coefficient (Wildman–Crippen LogP) is 3.43. The van der Waals surface area contributed by atoms with Crippen LogP contribution >= 0.6 is 0 Å². The van der Waals surface area contributed by atoms with E-state index in [9.17, 15) is 4.79 Å². The zero-order chi connectivity index (χ0) is 17.9. The monoisotopic (exact) mass is 351 g/mol. The molecule has 1 aliphatic rings. The van der Waals surface area contributed by atoms with Gasteiger partial charge in [0.2, 0.25) is 0 Å². The number of aromatic nitrogens is 2. The van der Waals surface area contributed by atoms with Crippen molar-refractivity contribution in [2.45, 2.75) is 19.4 Å². The van der Waals surface area contributed by atoms with E-state index < -0.39 is 5.97 Å². The molecule has 1 aliphatic heterocycles. The van der Waals surface area contributed by atoms with Crippen LogP contribution in [0.4, 0.5) is 0 Å². The van der Waals surface area contributed by atoms with E-state index in [1.54, 1.807) is 18.3 Å². The molecule has 0 radical (unpaired) electrons. The topological polar surface area (TPSA) is 82.4 Å². The zero-order valence-corrected chi connectivity index (χ0v) is 14.4. The van der Waals surface area contributed by atoms with Gasteiger partial charge in [-0.2, -0.15) is 5.10 Å². The molecule has 1 atom stereocenters. The number of H-pyrrole nitrogens is 1. The number of aromatic carboxylic acids is 1. The van der Waals surface area contributed by atoms with E-state index >= 15 is 0 Å². The van der Waals surface area contributed by atoms with Gasteiger partial charge < -0.3 is 9.52 Å². The molecule has 0 unspecified atom stereocenters. The van der Waals surface area contributed by atoms with E-state index in [2.05, 4.69) is 15.1 Å². The Morgan fingerprint density at radius 1 is 1.23 bits per heavy atom. The number of hydrogen-bond acceptors (Lipinski definition) is 4. The summed E-state index contributed by atoms with van der Waals surface area (Å²) in [5, 5.41) is 15.8. The molecule has 1 saturated heterocycles. The van der Waals surface area contributed by atoms with E-state index in [0.717, 1.165) is 49.7 Å². The number of nitrogens with zero attached hydrogens (tertiary/aromatic N) is 2. The minimum Gasteiger partial charge on any atom is -0.478 e. The molecule has 0 bridgehead atoms. The van der Waals surface area contributed by atoms with Gasteiger partial charge in [-0.3, -0.25) is 10.00 Å². The Labute approximate surface area is 151 Å². The van der Waals surface area contributed by atoms with Gasteiger partial charge in [0.15, 0.2) is 5.76 Å². The summed E-state index contributed by atoms with van der Waals surface area (Å²) in [5.74, 6) is 1.48. The van der Waals surface area contributed by atoms with Gasteiger partial charge in [0.1, 0.15) is 11.5 Å². The second kappa shape index (κ2) is 7.17. The highest BCUT2D eigenvalue weighted by atomic mass is 16.4. The fourth-order valence-corrected chi connectivity index (χ4v) is 3.56. The Morgan fingerprint density at radius 3 is 2.81 bits per heavy atom. The van der Waals surface area contributed by atoms with Crippen molar-refractivity contribution in [3.63, 3.8) is 0 Å². The van der Waals surface area contributed by atoms with Crippen LogP contribution in [0.1, 0.15) is 28.1 Å². The lowest BCUT2D eigenvalue weighted by atomic mass is 9.98. The highest BCUT2D eigenvalue weighted by Crippen LogP contribution is 2.25. The van der Waals surface area contributed by atoms with Gasteiger partial charge in [-0.15, -0.1) is 0 Å². The lowest BCUT2D eigenvalue weighted by Crippen LogP contribution is -2.20. The van der Waals surface area contributed by atoms with E-state index in [1.807, 2.05) is 30.3 Å². The second-order valence-corrected chi connectivity index (χ2v) is 6.83. The van der Waals surface area contributed by atoms with Gasteiger partial charge in [-0.05, 0) is 61.2 Å². The Bertz CT molecular complexity index is 868. The van der Waals surface area contributed by atoms with Gasteiger partial charge in [0, 0.05) is 12.7 Å². The number of likely N-dealkylation sites (tertiary alicyclic amines) is 1. The van der Waals surface area contributed by atoms with Crippen molar-refractivity contribution in [2.24, 2.45) is 5.92 Å². The summed E-state index contributed by atoms with van der Waals surface area (Å²) in [4.78, 5) is 13.3. The first-order valence-corrected chi connectivity index (χ1v) is 8.80. The molecule has 2 aromatic heterocycles. The fraction of sp³-hybridized carbons (Fsp3) is 0.300.